The minimum absolute atomic E-state index is 0.183. The zero-order valence-corrected chi connectivity index (χ0v) is 8.45. The van der Waals surface area contributed by atoms with Crippen LogP contribution in [0.4, 0.5) is 4.39 Å². The van der Waals surface area contributed by atoms with Crippen LogP contribution >= 0.6 is 0 Å². The van der Waals surface area contributed by atoms with Gasteiger partial charge in [0.2, 0.25) is 0 Å². The number of rotatable bonds is 3. The molecule has 0 spiro atoms. The van der Waals surface area contributed by atoms with Gasteiger partial charge in [-0.2, -0.15) is 0 Å². The molecular weight excluding hydrogens is 201 g/mol. The summed E-state index contributed by atoms with van der Waals surface area (Å²) < 4.78 is 18.2. The highest BCUT2D eigenvalue weighted by molar-refractivity contribution is 5.75. The molecule has 0 heterocycles. The predicted molar refractivity (Wildman–Crippen MR) is 52.3 cm³/mol. The third-order valence-electron chi connectivity index (χ3n) is 2.16. The normalized spacial score (nSPS) is 12.3. The van der Waals surface area contributed by atoms with E-state index in [1.807, 2.05) is 0 Å². The Morgan fingerprint density at radius 1 is 1.60 bits per heavy atom. The van der Waals surface area contributed by atoms with Gasteiger partial charge in [0.1, 0.15) is 17.6 Å². The quantitative estimate of drug-likeness (QED) is 0.792. The number of aliphatic carboxylic acids is 1. The minimum Gasteiger partial charge on any atom is -0.496 e. The SMILES string of the molecule is COc1cc(C(N)C(=O)O)cc(F)c1C. The van der Waals surface area contributed by atoms with Crippen molar-refractivity contribution in [2.75, 3.05) is 7.11 Å². The van der Waals surface area contributed by atoms with Crippen molar-refractivity contribution in [1.29, 1.82) is 0 Å². The molecule has 1 rings (SSSR count). The first-order valence-corrected chi connectivity index (χ1v) is 4.29. The van der Waals surface area contributed by atoms with E-state index >= 15 is 0 Å². The Morgan fingerprint density at radius 2 is 2.20 bits per heavy atom. The molecule has 0 fully saturated rings. The molecule has 82 valence electrons. The van der Waals surface area contributed by atoms with Crippen molar-refractivity contribution < 1.29 is 19.0 Å². The number of ether oxygens (including phenoxy) is 1. The summed E-state index contributed by atoms with van der Waals surface area (Å²) in [6.07, 6.45) is 0. The molecule has 0 aromatic heterocycles. The zero-order chi connectivity index (χ0) is 11.6. The lowest BCUT2D eigenvalue weighted by Gasteiger charge is -2.11. The van der Waals surface area contributed by atoms with Crippen molar-refractivity contribution in [1.82, 2.24) is 0 Å². The van der Waals surface area contributed by atoms with Gasteiger partial charge in [0.05, 0.1) is 7.11 Å². The van der Waals surface area contributed by atoms with Gasteiger partial charge in [-0.3, -0.25) is 4.79 Å². The van der Waals surface area contributed by atoms with Crippen molar-refractivity contribution >= 4 is 5.97 Å². The van der Waals surface area contributed by atoms with E-state index in [1.165, 1.54) is 13.2 Å². The highest BCUT2D eigenvalue weighted by atomic mass is 19.1. The molecule has 1 unspecified atom stereocenters. The highest BCUT2D eigenvalue weighted by Crippen LogP contribution is 2.25. The molecule has 0 saturated heterocycles. The van der Waals surface area contributed by atoms with Crippen LogP contribution in [0.25, 0.3) is 0 Å². The van der Waals surface area contributed by atoms with Crippen LogP contribution in [0.5, 0.6) is 5.75 Å². The van der Waals surface area contributed by atoms with Crippen LogP contribution in [0.2, 0.25) is 0 Å². The summed E-state index contributed by atoms with van der Waals surface area (Å²) in [6.45, 7) is 1.55. The van der Waals surface area contributed by atoms with Crippen LogP contribution in [0.3, 0.4) is 0 Å². The first-order valence-electron chi connectivity index (χ1n) is 4.29. The maximum atomic E-state index is 13.3. The molecule has 4 nitrogen and oxygen atoms in total. The van der Waals surface area contributed by atoms with Gasteiger partial charge in [-0.1, -0.05) is 0 Å². The number of carboxylic acids is 1. The molecule has 15 heavy (non-hydrogen) atoms. The first kappa shape index (κ1) is 11.5. The maximum absolute atomic E-state index is 13.3. The second-order valence-electron chi connectivity index (χ2n) is 3.15. The number of carbonyl (C=O) groups is 1. The number of methoxy groups -OCH3 is 1. The molecule has 0 saturated carbocycles. The van der Waals surface area contributed by atoms with Crippen LogP contribution < -0.4 is 10.5 Å². The lowest BCUT2D eigenvalue weighted by molar-refractivity contribution is -0.138. The van der Waals surface area contributed by atoms with Gasteiger partial charge in [-0.05, 0) is 24.6 Å². The lowest BCUT2D eigenvalue weighted by atomic mass is 10.0. The van der Waals surface area contributed by atoms with Crippen LogP contribution in [-0.4, -0.2) is 18.2 Å². The van der Waals surface area contributed by atoms with E-state index in [2.05, 4.69) is 0 Å². The number of hydrogen-bond acceptors (Lipinski definition) is 3. The molecule has 1 atom stereocenters. The molecule has 0 aliphatic heterocycles. The fraction of sp³-hybridized carbons (Fsp3) is 0.300. The van der Waals surface area contributed by atoms with E-state index in [-0.39, 0.29) is 5.56 Å². The summed E-state index contributed by atoms with van der Waals surface area (Å²) in [5, 5.41) is 8.67. The molecule has 1 aromatic rings. The Balaban J connectivity index is 3.22. The smallest absolute Gasteiger partial charge is 0.325 e. The van der Waals surface area contributed by atoms with Crippen molar-refractivity contribution in [2.45, 2.75) is 13.0 Å². The Bertz CT molecular complexity index is 392. The van der Waals surface area contributed by atoms with E-state index in [0.717, 1.165) is 6.07 Å². The van der Waals surface area contributed by atoms with E-state index in [9.17, 15) is 9.18 Å². The number of benzene rings is 1. The summed E-state index contributed by atoms with van der Waals surface area (Å²) in [4.78, 5) is 10.6. The standard InChI is InChI=1S/C10H12FNO3/c1-5-7(11)3-6(4-8(5)15-2)9(12)10(13)14/h3-4,9H,12H2,1-2H3,(H,13,14). The topological polar surface area (TPSA) is 72.5 Å². The van der Waals surface area contributed by atoms with Gasteiger partial charge in [0.25, 0.3) is 0 Å². The molecular formula is C10H12FNO3. The first-order chi connectivity index (χ1) is 6.97. The van der Waals surface area contributed by atoms with Gasteiger partial charge in [0, 0.05) is 5.56 Å². The second-order valence-corrected chi connectivity index (χ2v) is 3.15. The van der Waals surface area contributed by atoms with Gasteiger partial charge >= 0.3 is 5.97 Å². The highest BCUT2D eigenvalue weighted by Gasteiger charge is 2.17. The summed E-state index contributed by atoms with van der Waals surface area (Å²) in [5.41, 5.74) is 5.87. The summed E-state index contributed by atoms with van der Waals surface area (Å²) in [7, 11) is 1.39. The Hall–Kier alpha value is -1.62. The van der Waals surface area contributed by atoms with Crippen molar-refractivity contribution in [3.05, 3.63) is 29.1 Å². The van der Waals surface area contributed by atoms with Crippen molar-refractivity contribution in [3.63, 3.8) is 0 Å². The maximum Gasteiger partial charge on any atom is 0.325 e. The van der Waals surface area contributed by atoms with E-state index < -0.39 is 17.8 Å². The monoisotopic (exact) mass is 213 g/mol. The molecule has 0 radical (unpaired) electrons. The molecule has 0 aliphatic rings. The minimum atomic E-state index is -1.24. The zero-order valence-electron chi connectivity index (χ0n) is 8.45. The fourth-order valence-electron chi connectivity index (χ4n) is 1.21. The van der Waals surface area contributed by atoms with Gasteiger partial charge < -0.3 is 15.6 Å². The number of carboxylic acid groups (broad SMARTS) is 1. The number of halogens is 1. The largest absolute Gasteiger partial charge is 0.496 e. The second kappa shape index (κ2) is 4.27. The lowest BCUT2D eigenvalue weighted by Crippen LogP contribution is -2.21. The Morgan fingerprint density at radius 3 is 2.67 bits per heavy atom. The third-order valence-corrected chi connectivity index (χ3v) is 2.16. The van der Waals surface area contributed by atoms with E-state index in [0.29, 0.717) is 11.3 Å². The molecule has 0 bridgehead atoms. The van der Waals surface area contributed by atoms with E-state index in [4.69, 9.17) is 15.6 Å². The molecule has 5 heteroatoms. The Labute approximate surface area is 86.5 Å². The summed E-state index contributed by atoms with van der Waals surface area (Å²) >= 11 is 0. The van der Waals surface area contributed by atoms with Crippen molar-refractivity contribution in [2.24, 2.45) is 5.73 Å². The van der Waals surface area contributed by atoms with Crippen LogP contribution in [0, 0.1) is 12.7 Å². The van der Waals surface area contributed by atoms with Gasteiger partial charge in [-0.25, -0.2) is 4.39 Å². The predicted octanol–water partition coefficient (Wildman–Crippen LogP) is 1.23. The average Bonchev–Trinajstić information content (AvgIpc) is 2.20. The molecule has 1 aromatic carbocycles. The number of hydrogen-bond donors (Lipinski definition) is 2. The molecule has 3 N–H and O–H groups in total. The van der Waals surface area contributed by atoms with Crippen molar-refractivity contribution in [3.8, 4) is 5.75 Å². The van der Waals surface area contributed by atoms with E-state index in [1.54, 1.807) is 6.92 Å². The molecule has 0 amide bonds. The summed E-state index contributed by atoms with van der Waals surface area (Å²) in [5.74, 6) is -1.44. The summed E-state index contributed by atoms with van der Waals surface area (Å²) in [6, 6.07) is 1.29. The van der Waals surface area contributed by atoms with Gasteiger partial charge in [-0.15, -0.1) is 0 Å². The van der Waals surface area contributed by atoms with Crippen LogP contribution in [-0.2, 0) is 4.79 Å². The average molecular weight is 213 g/mol. The van der Waals surface area contributed by atoms with Crippen LogP contribution in [0.1, 0.15) is 17.2 Å². The fourth-order valence-corrected chi connectivity index (χ4v) is 1.21. The van der Waals surface area contributed by atoms with Crippen LogP contribution in [0.15, 0.2) is 12.1 Å². The Kier molecular flexibility index (Phi) is 3.26. The van der Waals surface area contributed by atoms with Gasteiger partial charge in [0.15, 0.2) is 0 Å². The molecule has 0 aliphatic carbocycles. The number of nitrogens with two attached hydrogens (primary N) is 1. The third kappa shape index (κ3) is 2.24.